The summed E-state index contributed by atoms with van der Waals surface area (Å²) in [7, 11) is -3.58. The van der Waals surface area contributed by atoms with Gasteiger partial charge in [0.1, 0.15) is 0 Å². The summed E-state index contributed by atoms with van der Waals surface area (Å²) in [6.45, 7) is 2.22. The van der Waals surface area contributed by atoms with E-state index >= 15 is 0 Å². The Labute approximate surface area is 132 Å². The van der Waals surface area contributed by atoms with E-state index in [1.807, 2.05) is 24.4 Å². The molecule has 1 unspecified atom stereocenters. The monoisotopic (exact) mass is 340 g/mol. The van der Waals surface area contributed by atoms with Crippen molar-refractivity contribution in [1.82, 2.24) is 10.2 Å². The third-order valence-corrected chi connectivity index (χ3v) is 5.50. The first-order valence-electron chi connectivity index (χ1n) is 6.75. The number of aromatic amines is 1. The molecule has 2 aromatic rings. The van der Waals surface area contributed by atoms with Gasteiger partial charge in [0.05, 0.1) is 16.3 Å². The molecule has 1 aliphatic rings. The summed E-state index contributed by atoms with van der Waals surface area (Å²) >= 11 is 1.58. The number of hydrogen-bond donors (Lipinski definition) is 2. The van der Waals surface area contributed by atoms with E-state index in [2.05, 4.69) is 10.2 Å². The average Bonchev–Trinajstić information content (AvgIpc) is 3.08. The average molecular weight is 340 g/mol. The fourth-order valence-electron chi connectivity index (χ4n) is 2.74. The lowest BCUT2D eigenvalue weighted by atomic mass is 10.1. The van der Waals surface area contributed by atoms with Crippen LogP contribution >= 0.6 is 11.3 Å². The van der Waals surface area contributed by atoms with Gasteiger partial charge in [0, 0.05) is 24.4 Å². The highest BCUT2D eigenvalue weighted by Gasteiger charge is 2.35. The van der Waals surface area contributed by atoms with Crippen LogP contribution in [0.1, 0.15) is 12.0 Å². The van der Waals surface area contributed by atoms with Crippen LogP contribution in [0.15, 0.2) is 17.5 Å². The van der Waals surface area contributed by atoms with E-state index in [0.717, 1.165) is 16.1 Å². The Morgan fingerprint density at radius 2 is 2.32 bits per heavy atom. The SMILES string of the molecule is Cc1c(N2CC(CS(N)(=O)=O)CC2=O)n[nH]c1-c1cccs1. The number of primary sulfonamides is 1. The Bertz CT molecular complexity index is 795. The minimum Gasteiger partial charge on any atom is -0.295 e. The van der Waals surface area contributed by atoms with E-state index in [9.17, 15) is 13.2 Å². The predicted molar refractivity (Wildman–Crippen MR) is 85.1 cm³/mol. The molecule has 1 amide bonds. The van der Waals surface area contributed by atoms with Gasteiger partial charge in [-0.1, -0.05) is 6.07 Å². The maximum atomic E-state index is 12.2. The van der Waals surface area contributed by atoms with Gasteiger partial charge in [-0.15, -0.1) is 11.3 Å². The summed E-state index contributed by atoms with van der Waals surface area (Å²) in [4.78, 5) is 14.7. The van der Waals surface area contributed by atoms with Crippen molar-refractivity contribution in [3.63, 3.8) is 0 Å². The van der Waals surface area contributed by atoms with Crippen molar-refractivity contribution < 1.29 is 13.2 Å². The van der Waals surface area contributed by atoms with Gasteiger partial charge in [-0.05, 0) is 18.4 Å². The number of thiophene rings is 1. The summed E-state index contributed by atoms with van der Waals surface area (Å²) in [5, 5.41) is 14.2. The molecule has 3 heterocycles. The van der Waals surface area contributed by atoms with Gasteiger partial charge in [0.15, 0.2) is 5.82 Å². The summed E-state index contributed by atoms with van der Waals surface area (Å²) in [6.07, 6.45) is 0.178. The molecule has 1 atom stereocenters. The first-order chi connectivity index (χ1) is 10.3. The van der Waals surface area contributed by atoms with E-state index in [-0.39, 0.29) is 24.0 Å². The van der Waals surface area contributed by atoms with Crippen molar-refractivity contribution in [2.45, 2.75) is 13.3 Å². The number of nitrogens with zero attached hydrogens (tertiary/aromatic N) is 2. The third kappa shape index (κ3) is 2.92. The number of hydrogen-bond acceptors (Lipinski definition) is 5. The van der Waals surface area contributed by atoms with Gasteiger partial charge in [0.25, 0.3) is 0 Å². The number of carbonyl (C=O) groups excluding carboxylic acids is 1. The number of amides is 1. The van der Waals surface area contributed by atoms with Gasteiger partial charge in [-0.2, -0.15) is 5.10 Å². The smallest absolute Gasteiger partial charge is 0.228 e. The Kier molecular flexibility index (Phi) is 3.79. The number of rotatable bonds is 4. The van der Waals surface area contributed by atoms with Gasteiger partial charge in [-0.25, -0.2) is 13.6 Å². The molecule has 1 fully saturated rings. The van der Waals surface area contributed by atoms with Gasteiger partial charge < -0.3 is 0 Å². The van der Waals surface area contributed by atoms with Crippen molar-refractivity contribution >= 4 is 33.1 Å². The van der Waals surface area contributed by atoms with Crippen molar-refractivity contribution in [1.29, 1.82) is 0 Å². The van der Waals surface area contributed by atoms with Gasteiger partial charge >= 0.3 is 0 Å². The fourth-order valence-corrected chi connectivity index (χ4v) is 4.40. The van der Waals surface area contributed by atoms with Crippen molar-refractivity contribution in [3.8, 4) is 10.6 Å². The molecule has 3 rings (SSSR count). The lowest BCUT2D eigenvalue weighted by molar-refractivity contribution is -0.117. The molecule has 2 aromatic heterocycles. The Hall–Kier alpha value is -1.71. The highest BCUT2D eigenvalue weighted by molar-refractivity contribution is 7.89. The number of nitrogens with two attached hydrogens (primary N) is 1. The topological polar surface area (TPSA) is 109 Å². The van der Waals surface area contributed by atoms with Crippen LogP contribution in [-0.2, 0) is 14.8 Å². The zero-order chi connectivity index (χ0) is 15.9. The van der Waals surface area contributed by atoms with Crippen LogP contribution in [0.5, 0.6) is 0 Å². The van der Waals surface area contributed by atoms with Crippen LogP contribution in [-0.4, -0.2) is 36.8 Å². The number of anilines is 1. The maximum absolute atomic E-state index is 12.2. The van der Waals surface area contributed by atoms with Crippen molar-refractivity contribution in [2.24, 2.45) is 11.1 Å². The standard InChI is InChI=1S/C13H16N4O3S2/c1-8-12(10-3-2-4-21-10)15-16-13(8)17-6-9(5-11(17)18)7-22(14,19)20/h2-4,9H,5-7H2,1H3,(H,15,16)(H2,14,19,20). The second-order valence-corrected chi connectivity index (χ2v) is 8.04. The zero-order valence-corrected chi connectivity index (χ0v) is 13.6. The molecule has 22 heavy (non-hydrogen) atoms. The quantitative estimate of drug-likeness (QED) is 0.868. The molecule has 9 heteroatoms. The number of carbonyl (C=O) groups is 1. The van der Waals surface area contributed by atoms with Crippen LogP contribution < -0.4 is 10.0 Å². The van der Waals surface area contributed by atoms with Gasteiger partial charge in [-0.3, -0.25) is 14.8 Å². The van der Waals surface area contributed by atoms with Crippen LogP contribution in [0.2, 0.25) is 0 Å². The van der Waals surface area contributed by atoms with Crippen molar-refractivity contribution in [2.75, 3.05) is 17.2 Å². The summed E-state index contributed by atoms with van der Waals surface area (Å²) in [6, 6.07) is 3.92. The number of sulfonamides is 1. The molecule has 0 bridgehead atoms. The summed E-state index contributed by atoms with van der Waals surface area (Å²) < 4.78 is 22.4. The van der Waals surface area contributed by atoms with Gasteiger partial charge in [0.2, 0.25) is 15.9 Å². The van der Waals surface area contributed by atoms with Crippen LogP contribution in [0.4, 0.5) is 5.82 Å². The molecule has 0 radical (unpaired) electrons. The Morgan fingerprint density at radius 3 is 2.95 bits per heavy atom. The molecule has 1 aliphatic heterocycles. The summed E-state index contributed by atoms with van der Waals surface area (Å²) in [5.41, 5.74) is 1.76. The molecule has 0 saturated carbocycles. The lowest BCUT2D eigenvalue weighted by Gasteiger charge is -2.14. The van der Waals surface area contributed by atoms with Crippen LogP contribution in [0.25, 0.3) is 10.6 Å². The first-order valence-corrected chi connectivity index (χ1v) is 9.34. The molecule has 1 saturated heterocycles. The molecular formula is C13H16N4O3S2. The van der Waals surface area contributed by atoms with E-state index < -0.39 is 10.0 Å². The largest absolute Gasteiger partial charge is 0.295 e. The van der Waals surface area contributed by atoms with Crippen molar-refractivity contribution in [3.05, 3.63) is 23.1 Å². The highest BCUT2D eigenvalue weighted by atomic mass is 32.2. The molecule has 0 aromatic carbocycles. The molecule has 118 valence electrons. The van der Waals surface area contributed by atoms with Crippen LogP contribution in [0, 0.1) is 12.8 Å². The van der Waals surface area contributed by atoms with E-state index in [1.54, 1.807) is 16.2 Å². The second-order valence-electron chi connectivity index (χ2n) is 5.43. The fraction of sp³-hybridized carbons (Fsp3) is 0.385. The maximum Gasteiger partial charge on any atom is 0.228 e. The minimum absolute atomic E-state index is 0.124. The second kappa shape index (κ2) is 5.49. The lowest BCUT2D eigenvalue weighted by Crippen LogP contribution is -2.28. The van der Waals surface area contributed by atoms with E-state index in [1.165, 1.54) is 0 Å². The van der Waals surface area contributed by atoms with Crippen LogP contribution in [0.3, 0.4) is 0 Å². The Balaban J connectivity index is 1.85. The molecule has 7 nitrogen and oxygen atoms in total. The molecule has 0 spiro atoms. The third-order valence-electron chi connectivity index (χ3n) is 3.68. The minimum atomic E-state index is -3.58. The predicted octanol–water partition coefficient (Wildman–Crippen LogP) is 1.09. The zero-order valence-electron chi connectivity index (χ0n) is 11.9. The summed E-state index contributed by atoms with van der Waals surface area (Å²) in [5.74, 6) is -0.0358. The number of H-pyrrole nitrogens is 1. The normalized spacial score (nSPS) is 19.1. The Morgan fingerprint density at radius 1 is 1.55 bits per heavy atom. The van der Waals surface area contributed by atoms with E-state index in [0.29, 0.717) is 12.4 Å². The molecule has 3 N–H and O–H groups in total. The molecule has 0 aliphatic carbocycles. The molecular weight excluding hydrogens is 324 g/mol. The van der Waals surface area contributed by atoms with E-state index in [4.69, 9.17) is 5.14 Å². The first kappa shape index (κ1) is 15.2. The highest BCUT2D eigenvalue weighted by Crippen LogP contribution is 2.33. The number of nitrogens with one attached hydrogen (secondary N) is 1. The number of aromatic nitrogens is 2.